The van der Waals surface area contributed by atoms with E-state index < -0.39 is 0 Å². The van der Waals surface area contributed by atoms with Gasteiger partial charge in [-0.25, -0.2) is 4.98 Å². The highest BCUT2D eigenvalue weighted by Crippen LogP contribution is 2.30. The maximum atomic E-state index is 11.4. The summed E-state index contributed by atoms with van der Waals surface area (Å²) in [4.78, 5) is 19.8. The predicted octanol–water partition coefficient (Wildman–Crippen LogP) is 0.630. The maximum Gasteiger partial charge on any atom is 0.271 e. The lowest BCUT2D eigenvalue weighted by Gasteiger charge is -2.26. The normalized spacial score (nSPS) is 25.1. The summed E-state index contributed by atoms with van der Waals surface area (Å²) in [5.41, 5.74) is -0.345. The average molecular weight is 244 g/mol. The molecular weight excluding hydrogens is 230 g/mol. The van der Waals surface area contributed by atoms with Crippen LogP contribution in [0.15, 0.2) is 11.1 Å². The van der Waals surface area contributed by atoms with Gasteiger partial charge in [-0.05, 0) is 12.3 Å². The zero-order valence-corrected chi connectivity index (χ0v) is 9.74. The van der Waals surface area contributed by atoms with Gasteiger partial charge in [0, 0.05) is 6.54 Å². The monoisotopic (exact) mass is 243 g/mol. The number of aliphatic hydroxyl groups excluding tert-OH is 1. The highest BCUT2D eigenvalue weighted by molar-refractivity contribution is 6.32. The van der Waals surface area contributed by atoms with E-state index in [1.54, 1.807) is 0 Å². The van der Waals surface area contributed by atoms with Crippen molar-refractivity contribution in [1.82, 2.24) is 9.97 Å². The van der Waals surface area contributed by atoms with Gasteiger partial charge in [0.1, 0.15) is 5.02 Å². The number of rotatable bonds is 2. The minimum atomic E-state index is -0.345. The second-order valence-electron chi connectivity index (χ2n) is 4.08. The van der Waals surface area contributed by atoms with Gasteiger partial charge in [-0.3, -0.25) is 4.79 Å². The summed E-state index contributed by atoms with van der Waals surface area (Å²) in [6.07, 6.45) is 2.30. The lowest BCUT2D eigenvalue weighted by atomic mass is 10.0. The topological polar surface area (TPSA) is 69.2 Å². The second-order valence-corrected chi connectivity index (χ2v) is 4.46. The first kappa shape index (κ1) is 11.4. The molecule has 0 spiro atoms. The fourth-order valence-corrected chi connectivity index (χ4v) is 2.34. The number of hydrogen-bond acceptors (Lipinski definition) is 4. The fourth-order valence-electron chi connectivity index (χ4n) is 2.12. The van der Waals surface area contributed by atoms with Gasteiger partial charge < -0.3 is 15.0 Å². The molecule has 88 valence electrons. The molecule has 2 rings (SSSR count). The van der Waals surface area contributed by atoms with Gasteiger partial charge in [-0.1, -0.05) is 18.5 Å². The number of aliphatic hydroxyl groups is 1. The molecule has 0 aliphatic carbocycles. The Hall–Kier alpha value is -1.07. The molecule has 1 aliphatic heterocycles. The van der Waals surface area contributed by atoms with E-state index >= 15 is 0 Å². The molecule has 0 amide bonds. The summed E-state index contributed by atoms with van der Waals surface area (Å²) in [5, 5.41) is 9.42. The summed E-state index contributed by atoms with van der Waals surface area (Å²) in [6.45, 7) is 2.89. The van der Waals surface area contributed by atoms with E-state index in [-0.39, 0.29) is 23.2 Å². The first-order valence-electron chi connectivity index (χ1n) is 5.26. The molecule has 1 aliphatic rings. The van der Waals surface area contributed by atoms with E-state index in [0.717, 1.165) is 13.0 Å². The number of H-pyrrole nitrogens is 1. The van der Waals surface area contributed by atoms with Crippen LogP contribution in [0.3, 0.4) is 0 Å². The van der Waals surface area contributed by atoms with Crippen molar-refractivity contribution in [2.75, 3.05) is 18.1 Å². The highest BCUT2D eigenvalue weighted by atomic mass is 35.5. The number of halogens is 1. The van der Waals surface area contributed by atoms with Crippen LogP contribution in [-0.2, 0) is 0 Å². The van der Waals surface area contributed by atoms with Gasteiger partial charge in [0.25, 0.3) is 5.56 Å². The number of anilines is 1. The van der Waals surface area contributed by atoms with Crippen LogP contribution in [0.1, 0.15) is 13.3 Å². The van der Waals surface area contributed by atoms with E-state index in [0.29, 0.717) is 11.7 Å². The number of nitrogens with one attached hydrogen (secondary N) is 1. The van der Waals surface area contributed by atoms with Crippen LogP contribution >= 0.6 is 11.6 Å². The summed E-state index contributed by atoms with van der Waals surface area (Å²) in [5.74, 6) is 0.843. The summed E-state index contributed by atoms with van der Waals surface area (Å²) < 4.78 is 0. The summed E-state index contributed by atoms with van der Waals surface area (Å²) >= 11 is 5.91. The van der Waals surface area contributed by atoms with Crippen molar-refractivity contribution in [2.45, 2.75) is 19.4 Å². The summed E-state index contributed by atoms with van der Waals surface area (Å²) in [7, 11) is 0. The SMILES string of the molecule is CC1CCN(c2nc[nH]c(=O)c2Cl)C1CO. The van der Waals surface area contributed by atoms with Gasteiger partial charge in [0.15, 0.2) is 5.82 Å². The van der Waals surface area contributed by atoms with Crippen molar-refractivity contribution >= 4 is 17.4 Å². The molecule has 2 unspecified atom stereocenters. The third-order valence-corrected chi connectivity index (χ3v) is 3.46. The van der Waals surface area contributed by atoms with Gasteiger partial charge in [-0.2, -0.15) is 0 Å². The van der Waals surface area contributed by atoms with Crippen LogP contribution in [0.5, 0.6) is 0 Å². The molecule has 1 aromatic heterocycles. The molecule has 1 saturated heterocycles. The Morgan fingerprint density at radius 1 is 1.75 bits per heavy atom. The van der Waals surface area contributed by atoms with E-state index in [1.807, 2.05) is 4.90 Å². The molecule has 5 nitrogen and oxygen atoms in total. The van der Waals surface area contributed by atoms with Crippen molar-refractivity contribution in [3.05, 3.63) is 21.7 Å². The van der Waals surface area contributed by atoms with Crippen molar-refractivity contribution in [2.24, 2.45) is 5.92 Å². The van der Waals surface area contributed by atoms with E-state index in [4.69, 9.17) is 11.6 Å². The van der Waals surface area contributed by atoms with Crippen LogP contribution in [0, 0.1) is 5.92 Å². The quantitative estimate of drug-likeness (QED) is 0.800. The van der Waals surface area contributed by atoms with E-state index in [1.165, 1.54) is 6.33 Å². The summed E-state index contributed by atoms with van der Waals surface area (Å²) in [6, 6.07) is -0.00759. The Morgan fingerprint density at radius 2 is 2.50 bits per heavy atom. The molecule has 0 radical (unpaired) electrons. The first-order chi connectivity index (χ1) is 7.65. The lowest BCUT2D eigenvalue weighted by molar-refractivity contribution is 0.244. The van der Waals surface area contributed by atoms with Gasteiger partial charge in [-0.15, -0.1) is 0 Å². The van der Waals surface area contributed by atoms with Crippen molar-refractivity contribution in [3.8, 4) is 0 Å². The van der Waals surface area contributed by atoms with Crippen LogP contribution in [0.4, 0.5) is 5.82 Å². The molecule has 16 heavy (non-hydrogen) atoms. The minimum absolute atomic E-state index is 0.00759. The Morgan fingerprint density at radius 3 is 3.19 bits per heavy atom. The predicted molar refractivity (Wildman–Crippen MR) is 61.9 cm³/mol. The molecule has 0 saturated carbocycles. The van der Waals surface area contributed by atoms with Gasteiger partial charge >= 0.3 is 0 Å². The molecule has 2 N–H and O–H groups in total. The minimum Gasteiger partial charge on any atom is -0.394 e. The second kappa shape index (κ2) is 4.43. The standard InChI is InChI=1S/C10H14ClN3O2/c1-6-2-3-14(7(6)4-15)9-8(11)10(16)13-5-12-9/h5-7,15H,2-4H2,1H3,(H,12,13,16). The zero-order chi connectivity index (χ0) is 11.7. The number of aromatic amines is 1. The Labute approximate surface area is 98.1 Å². The molecule has 0 aromatic carbocycles. The van der Waals surface area contributed by atoms with Crippen LogP contribution < -0.4 is 10.5 Å². The molecule has 2 heterocycles. The number of aromatic nitrogens is 2. The molecular formula is C10H14ClN3O2. The van der Waals surface area contributed by atoms with Gasteiger partial charge in [0.2, 0.25) is 0 Å². The van der Waals surface area contributed by atoms with Crippen molar-refractivity contribution < 1.29 is 5.11 Å². The molecule has 1 fully saturated rings. The molecule has 2 atom stereocenters. The fraction of sp³-hybridized carbons (Fsp3) is 0.600. The van der Waals surface area contributed by atoms with Crippen molar-refractivity contribution in [1.29, 1.82) is 0 Å². The Kier molecular flexibility index (Phi) is 3.16. The zero-order valence-electron chi connectivity index (χ0n) is 8.98. The Bertz CT molecular complexity index is 434. The largest absolute Gasteiger partial charge is 0.394 e. The van der Waals surface area contributed by atoms with Crippen LogP contribution in [-0.4, -0.2) is 34.3 Å². The van der Waals surface area contributed by atoms with Crippen molar-refractivity contribution in [3.63, 3.8) is 0 Å². The van der Waals surface area contributed by atoms with E-state index in [2.05, 4.69) is 16.9 Å². The van der Waals surface area contributed by atoms with E-state index in [9.17, 15) is 9.90 Å². The third kappa shape index (κ3) is 1.81. The average Bonchev–Trinajstić information content (AvgIpc) is 2.63. The van der Waals surface area contributed by atoms with Gasteiger partial charge in [0.05, 0.1) is 19.0 Å². The molecule has 1 aromatic rings. The Balaban J connectivity index is 2.37. The molecule has 0 bridgehead atoms. The van der Waals surface area contributed by atoms with Crippen LogP contribution in [0.25, 0.3) is 0 Å². The third-order valence-electron chi connectivity index (χ3n) is 3.12. The highest BCUT2D eigenvalue weighted by Gasteiger charge is 2.32. The maximum absolute atomic E-state index is 11.4. The smallest absolute Gasteiger partial charge is 0.271 e. The number of hydrogen-bond donors (Lipinski definition) is 2. The number of nitrogens with zero attached hydrogens (tertiary/aromatic N) is 2. The lowest BCUT2D eigenvalue weighted by Crippen LogP contribution is -2.36. The first-order valence-corrected chi connectivity index (χ1v) is 5.63. The van der Waals surface area contributed by atoms with Crippen LogP contribution in [0.2, 0.25) is 5.02 Å². The molecule has 6 heteroatoms.